The zero-order chi connectivity index (χ0) is 15.1. The Morgan fingerprint density at radius 1 is 1.19 bits per heavy atom. The Hall–Kier alpha value is -0.860. The van der Waals surface area contributed by atoms with Crippen LogP contribution in [0.15, 0.2) is 24.3 Å². The Morgan fingerprint density at radius 2 is 1.90 bits per heavy atom. The van der Waals surface area contributed by atoms with Gasteiger partial charge in [-0.2, -0.15) is 0 Å². The van der Waals surface area contributed by atoms with Gasteiger partial charge in [0, 0.05) is 19.1 Å². The minimum atomic E-state index is 0.796. The molecule has 0 amide bonds. The van der Waals surface area contributed by atoms with E-state index in [2.05, 4.69) is 48.3 Å². The summed E-state index contributed by atoms with van der Waals surface area (Å²) in [5.41, 5.74) is 2.86. The first-order valence-electron chi connectivity index (χ1n) is 8.65. The van der Waals surface area contributed by atoms with E-state index in [1.165, 1.54) is 49.8 Å². The van der Waals surface area contributed by atoms with Gasteiger partial charge in [0.2, 0.25) is 0 Å². The monoisotopic (exact) mass is 288 g/mol. The highest BCUT2D eigenvalue weighted by atomic mass is 15.2. The van der Waals surface area contributed by atoms with Crippen molar-refractivity contribution in [2.45, 2.75) is 65.1 Å². The molecule has 0 aromatic heterocycles. The van der Waals surface area contributed by atoms with Crippen LogP contribution in [-0.4, -0.2) is 24.5 Å². The van der Waals surface area contributed by atoms with Crippen molar-refractivity contribution < 1.29 is 0 Å². The van der Waals surface area contributed by atoms with Crippen LogP contribution in [0.5, 0.6) is 0 Å². The number of benzene rings is 1. The molecule has 0 aliphatic heterocycles. The minimum absolute atomic E-state index is 0.796. The zero-order valence-corrected chi connectivity index (χ0v) is 14.1. The highest BCUT2D eigenvalue weighted by Gasteiger charge is 2.22. The Kier molecular flexibility index (Phi) is 6.72. The normalized spacial score (nSPS) is 16.2. The molecule has 1 aromatic carbocycles. The van der Waals surface area contributed by atoms with E-state index in [0.29, 0.717) is 0 Å². The fraction of sp³-hybridized carbons (Fsp3) is 0.684. The topological polar surface area (TPSA) is 15.3 Å². The van der Waals surface area contributed by atoms with Crippen LogP contribution in [0.25, 0.3) is 0 Å². The molecule has 1 N–H and O–H groups in total. The van der Waals surface area contributed by atoms with Gasteiger partial charge >= 0.3 is 0 Å². The first-order chi connectivity index (χ1) is 10.2. The van der Waals surface area contributed by atoms with Crippen LogP contribution >= 0.6 is 0 Å². The Balaban J connectivity index is 2.00. The lowest BCUT2D eigenvalue weighted by molar-refractivity contribution is 0.179. The first-order valence-corrected chi connectivity index (χ1v) is 8.65. The molecule has 2 rings (SSSR count). The van der Waals surface area contributed by atoms with Crippen molar-refractivity contribution >= 4 is 0 Å². The van der Waals surface area contributed by atoms with E-state index in [1.807, 2.05) is 7.05 Å². The molecule has 0 unspecified atom stereocenters. The molecule has 1 aliphatic rings. The van der Waals surface area contributed by atoms with Gasteiger partial charge in [0.25, 0.3) is 0 Å². The summed E-state index contributed by atoms with van der Waals surface area (Å²) in [6.07, 6.45) is 6.95. The van der Waals surface area contributed by atoms with Gasteiger partial charge in [0.15, 0.2) is 0 Å². The van der Waals surface area contributed by atoms with E-state index in [9.17, 15) is 0 Å². The quantitative estimate of drug-likeness (QED) is 0.771. The molecular weight excluding hydrogens is 256 g/mol. The number of nitrogens with zero attached hydrogens (tertiary/aromatic N) is 1. The van der Waals surface area contributed by atoms with Crippen LogP contribution in [0.1, 0.15) is 57.1 Å². The van der Waals surface area contributed by atoms with Crippen molar-refractivity contribution in [1.29, 1.82) is 0 Å². The Labute approximate surface area is 130 Å². The van der Waals surface area contributed by atoms with Crippen LogP contribution in [0.4, 0.5) is 0 Å². The van der Waals surface area contributed by atoms with E-state index in [1.54, 1.807) is 0 Å². The minimum Gasteiger partial charge on any atom is -0.316 e. The van der Waals surface area contributed by atoms with Gasteiger partial charge in [0.1, 0.15) is 0 Å². The van der Waals surface area contributed by atoms with Gasteiger partial charge in [0.05, 0.1) is 0 Å². The third-order valence-corrected chi connectivity index (χ3v) is 4.59. The van der Waals surface area contributed by atoms with E-state index in [4.69, 9.17) is 0 Å². The van der Waals surface area contributed by atoms with Crippen LogP contribution in [0, 0.1) is 5.92 Å². The van der Waals surface area contributed by atoms with E-state index in [-0.39, 0.29) is 0 Å². The molecule has 0 bridgehead atoms. The molecule has 1 saturated carbocycles. The van der Waals surface area contributed by atoms with Gasteiger partial charge in [-0.1, -0.05) is 51.0 Å². The summed E-state index contributed by atoms with van der Waals surface area (Å²) in [6, 6.07) is 9.90. The lowest BCUT2D eigenvalue weighted by atomic mass is 10.1. The maximum Gasteiger partial charge on any atom is 0.0236 e. The third-order valence-electron chi connectivity index (χ3n) is 4.59. The summed E-state index contributed by atoms with van der Waals surface area (Å²) in [6.45, 7) is 8.00. The number of hydrogen-bond donors (Lipinski definition) is 1. The van der Waals surface area contributed by atoms with Crippen LogP contribution in [-0.2, 0) is 13.1 Å². The summed E-state index contributed by atoms with van der Waals surface area (Å²) in [7, 11) is 2.01. The fourth-order valence-corrected chi connectivity index (χ4v) is 3.36. The molecule has 1 fully saturated rings. The summed E-state index contributed by atoms with van der Waals surface area (Å²) < 4.78 is 0. The molecule has 2 heteroatoms. The van der Waals surface area contributed by atoms with Crippen molar-refractivity contribution in [3.63, 3.8) is 0 Å². The van der Waals surface area contributed by atoms with Gasteiger partial charge in [-0.05, 0) is 49.9 Å². The molecule has 0 radical (unpaired) electrons. The highest BCUT2D eigenvalue weighted by Crippen LogP contribution is 2.25. The molecule has 0 spiro atoms. The summed E-state index contributed by atoms with van der Waals surface area (Å²) in [5.74, 6) is 0.796. The summed E-state index contributed by atoms with van der Waals surface area (Å²) >= 11 is 0. The van der Waals surface area contributed by atoms with Crippen molar-refractivity contribution in [3.8, 4) is 0 Å². The highest BCUT2D eigenvalue weighted by molar-refractivity contribution is 5.23. The van der Waals surface area contributed by atoms with Gasteiger partial charge in [-0.3, -0.25) is 4.90 Å². The molecule has 1 aliphatic carbocycles. The average Bonchev–Trinajstić information content (AvgIpc) is 2.98. The predicted molar refractivity (Wildman–Crippen MR) is 91.3 cm³/mol. The number of hydrogen-bond acceptors (Lipinski definition) is 2. The standard InChI is InChI=1S/C19H32N2/c1-16(2)11-12-21(19-9-4-5-10-19)15-18-8-6-7-17(13-18)14-20-3/h6-8,13,16,19-20H,4-5,9-12,14-15H2,1-3H3. The van der Waals surface area contributed by atoms with E-state index < -0.39 is 0 Å². The molecule has 0 atom stereocenters. The maximum atomic E-state index is 3.25. The van der Waals surface area contributed by atoms with Gasteiger partial charge in [-0.25, -0.2) is 0 Å². The fourth-order valence-electron chi connectivity index (χ4n) is 3.36. The number of nitrogens with one attached hydrogen (secondary N) is 1. The van der Waals surface area contributed by atoms with Crippen molar-refractivity contribution in [1.82, 2.24) is 10.2 Å². The molecule has 0 heterocycles. The second kappa shape index (κ2) is 8.55. The Bertz CT molecular complexity index is 408. The second-order valence-electron chi connectivity index (χ2n) is 6.94. The maximum absolute atomic E-state index is 3.25. The van der Waals surface area contributed by atoms with Crippen LogP contribution in [0.2, 0.25) is 0 Å². The lowest BCUT2D eigenvalue weighted by Gasteiger charge is -2.29. The van der Waals surface area contributed by atoms with E-state index >= 15 is 0 Å². The largest absolute Gasteiger partial charge is 0.316 e. The molecule has 0 saturated heterocycles. The van der Waals surface area contributed by atoms with Crippen molar-refractivity contribution in [2.75, 3.05) is 13.6 Å². The van der Waals surface area contributed by atoms with Crippen LogP contribution in [0.3, 0.4) is 0 Å². The second-order valence-corrected chi connectivity index (χ2v) is 6.94. The average molecular weight is 288 g/mol. The van der Waals surface area contributed by atoms with Gasteiger partial charge in [-0.15, -0.1) is 0 Å². The number of rotatable bonds is 8. The SMILES string of the molecule is CNCc1cccc(CN(CCC(C)C)C2CCCC2)c1. The van der Waals surface area contributed by atoms with E-state index in [0.717, 1.165) is 25.0 Å². The third kappa shape index (κ3) is 5.44. The molecule has 21 heavy (non-hydrogen) atoms. The molecule has 118 valence electrons. The molecule has 2 nitrogen and oxygen atoms in total. The molecular formula is C19H32N2. The van der Waals surface area contributed by atoms with Crippen LogP contribution < -0.4 is 5.32 Å². The molecule has 1 aromatic rings. The predicted octanol–water partition coefficient (Wildman–Crippen LogP) is 4.20. The zero-order valence-electron chi connectivity index (χ0n) is 14.1. The first kappa shape index (κ1) is 16.5. The van der Waals surface area contributed by atoms with Crippen molar-refractivity contribution in [2.24, 2.45) is 5.92 Å². The summed E-state index contributed by atoms with van der Waals surface area (Å²) in [5, 5.41) is 3.25. The summed E-state index contributed by atoms with van der Waals surface area (Å²) in [4.78, 5) is 2.74. The lowest BCUT2D eigenvalue weighted by Crippen LogP contribution is -2.34. The van der Waals surface area contributed by atoms with Gasteiger partial charge < -0.3 is 5.32 Å². The Morgan fingerprint density at radius 3 is 2.57 bits per heavy atom. The smallest absolute Gasteiger partial charge is 0.0236 e. The van der Waals surface area contributed by atoms with Crippen molar-refractivity contribution in [3.05, 3.63) is 35.4 Å².